The van der Waals surface area contributed by atoms with Gasteiger partial charge in [-0.1, -0.05) is 70.4 Å². The van der Waals surface area contributed by atoms with Gasteiger partial charge in [-0.3, -0.25) is 9.19 Å². The number of nitrogens with zero attached hydrogens (tertiary/aromatic N) is 1. The van der Waals surface area contributed by atoms with Crippen molar-refractivity contribution < 1.29 is 26.9 Å². The van der Waals surface area contributed by atoms with Crippen molar-refractivity contribution in [2.45, 2.75) is 111 Å². The van der Waals surface area contributed by atoms with E-state index in [1.165, 1.54) is 110 Å². The van der Waals surface area contributed by atoms with E-state index >= 15 is 0 Å². The molecule has 0 aromatic rings. The van der Waals surface area contributed by atoms with Crippen LogP contribution in [0.3, 0.4) is 0 Å². The van der Waals surface area contributed by atoms with Crippen LogP contribution in [-0.4, -0.2) is 64.0 Å². The van der Waals surface area contributed by atoms with Crippen molar-refractivity contribution in [2.75, 3.05) is 46.0 Å². The molecule has 7 nitrogen and oxygen atoms in total. The van der Waals surface area contributed by atoms with Crippen LogP contribution in [0.4, 0.5) is 0 Å². The Morgan fingerprint density at radius 3 is 1.76 bits per heavy atom. The van der Waals surface area contributed by atoms with E-state index in [0.717, 1.165) is 26.3 Å². The Kier molecular flexibility index (Phi) is 23.8. The predicted octanol–water partition coefficient (Wildman–Crippen LogP) is 4.66. The summed E-state index contributed by atoms with van der Waals surface area (Å²) in [5, 5.41) is 4.23. The van der Waals surface area contributed by atoms with E-state index in [-0.39, 0.29) is 6.61 Å². The zero-order chi connectivity index (χ0) is 25.3. The highest BCUT2D eigenvalue weighted by molar-refractivity contribution is 7.80. The molecule has 0 amide bonds. The molecule has 34 heavy (non-hydrogen) atoms. The topological polar surface area (TPSA) is 83.3 Å². The Balaban J connectivity index is 0.00000135. The molecule has 1 fully saturated rings. The maximum atomic E-state index is 9.45. The summed E-state index contributed by atoms with van der Waals surface area (Å²) in [5.74, 6) is 0. The molecule has 1 heterocycles. The third kappa shape index (κ3) is 23.2. The maximum Gasteiger partial charge on any atom is 0.217 e. The van der Waals surface area contributed by atoms with Crippen LogP contribution in [0.2, 0.25) is 0 Å². The van der Waals surface area contributed by atoms with E-state index in [1.807, 2.05) is 0 Å². The van der Waals surface area contributed by atoms with Gasteiger partial charge in [0.2, 0.25) is 10.4 Å². The monoisotopic (exact) mass is 506 g/mol. The molecule has 1 rings (SSSR count). The average molecular weight is 507 g/mol. The summed E-state index contributed by atoms with van der Waals surface area (Å²) < 4.78 is 37.5. The SMILES string of the molecule is CCCCCCCC/C=C\CCCCCCCC[NH+](CC)N1CCOCC1.CCOS(=O)(=O)[O-]. The summed E-state index contributed by atoms with van der Waals surface area (Å²) in [7, 11) is -4.42. The van der Waals surface area contributed by atoms with Crippen LogP contribution in [0, 0.1) is 0 Å². The highest BCUT2D eigenvalue weighted by Gasteiger charge is 2.19. The van der Waals surface area contributed by atoms with E-state index in [0.29, 0.717) is 0 Å². The molecule has 0 bridgehead atoms. The van der Waals surface area contributed by atoms with Crippen molar-refractivity contribution >= 4 is 10.4 Å². The van der Waals surface area contributed by atoms with Gasteiger partial charge in [-0.05, 0) is 52.4 Å². The van der Waals surface area contributed by atoms with Crippen LogP contribution in [-0.2, 0) is 19.3 Å². The highest BCUT2D eigenvalue weighted by Crippen LogP contribution is 2.09. The van der Waals surface area contributed by atoms with Gasteiger partial charge >= 0.3 is 0 Å². The normalized spacial score (nSPS) is 15.9. The third-order valence-corrected chi connectivity index (χ3v) is 6.63. The van der Waals surface area contributed by atoms with Crippen LogP contribution in [0.25, 0.3) is 0 Å². The molecule has 1 N–H and O–H groups in total. The number of hydrogen-bond donors (Lipinski definition) is 1. The molecule has 8 heteroatoms. The Morgan fingerprint density at radius 2 is 1.32 bits per heavy atom. The summed E-state index contributed by atoms with van der Waals surface area (Å²) in [6.45, 7) is 12.5. The summed E-state index contributed by atoms with van der Waals surface area (Å²) in [6, 6.07) is 0. The first-order valence-electron chi connectivity index (χ1n) is 13.9. The zero-order valence-corrected chi connectivity index (χ0v) is 23.2. The Labute approximate surface area is 211 Å². The summed E-state index contributed by atoms with van der Waals surface area (Å²) in [5.41, 5.74) is 0. The molecule has 1 atom stereocenters. The molecular weight excluding hydrogens is 452 g/mol. The summed E-state index contributed by atoms with van der Waals surface area (Å²) in [6.07, 6.45) is 24.3. The van der Waals surface area contributed by atoms with Crippen LogP contribution < -0.4 is 5.01 Å². The smallest absolute Gasteiger partial charge is 0.217 e. The second-order valence-corrected chi connectivity index (χ2v) is 10.1. The van der Waals surface area contributed by atoms with Gasteiger partial charge in [0.25, 0.3) is 0 Å². The fourth-order valence-corrected chi connectivity index (χ4v) is 4.45. The number of ether oxygens (including phenoxy) is 1. The second kappa shape index (κ2) is 24.2. The van der Waals surface area contributed by atoms with E-state index < -0.39 is 10.4 Å². The van der Waals surface area contributed by atoms with Gasteiger partial charge in [0.1, 0.15) is 0 Å². The third-order valence-electron chi connectivity index (χ3n) is 6.11. The first kappa shape index (κ1) is 33.5. The molecule has 0 spiro atoms. The fraction of sp³-hybridized carbons (Fsp3) is 0.923. The van der Waals surface area contributed by atoms with Gasteiger partial charge in [0.05, 0.1) is 46.0 Å². The Morgan fingerprint density at radius 1 is 0.824 bits per heavy atom. The zero-order valence-electron chi connectivity index (χ0n) is 22.4. The fourth-order valence-electron chi connectivity index (χ4n) is 4.16. The molecule has 0 aromatic heterocycles. The van der Waals surface area contributed by atoms with Gasteiger partial charge in [-0.25, -0.2) is 8.42 Å². The molecule has 0 saturated carbocycles. The van der Waals surface area contributed by atoms with Crippen molar-refractivity contribution in [1.29, 1.82) is 0 Å². The number of rotatable bonds is 20. The molecule has 1 aliphatic heterocycles. The van der Waals surface area contributed by atoms with Crippen molar-refractivity contribution in [3.63, 3.8) is 0 Å². The molecule has 204 valence electrons. The molecule has 0 aromatic carbocycles. The first-order chi connectivity index (χ1) is 16.4. The molecule has 1 unspecified atom stereocenters. The molecule has 0 radical (unpaired) electrons. The Hall–Kier alpha value is -0.510. The lowest BCUT2D eigenvalue weighted by atomic mass is 10.1. The van der Waals surface area contributed by atoms with Crippen LogP contribution in [0.1, 0.15) is 111 Å². The number of hydrogen-bond acceptors (Lipinski definition) is 6. The van der Waals surface area contributed by atoms with Gasteiger partial charge in [-0.15, -0.1) is 0 Å². The average Bonchev–Trinajstić information content (AvgIpc) is 2.81. The molecule has 1 saturated heterocycles. The summed E-state index contributed by atoms with van der Waals surface area (Å²) >= 11 is 0. The van der Waals surface area contributed by atoms with Crippen molar-refractivity contribution in [3.8, 4) is 0 Å². The quantitative estimate of drug-likeness (QED) is 0.112. The number of morpholine rings is 1. The van der Waals surface area contributed by atoms with E-state index in [1.54, 1.807) is 5.01 Å². The highest BCUT2D eigenvalue weighted by atomic mass is 32.3. The van der Waals surface area contributed by atoms with Crippen molar-refractivity contribution in [1.82, 2.24) is 5.01 Å². The predicted molar refractivity (Wildman–Crippen MR) is 140 cm³/mol. The standard InChI is InChI=1S/C24H48N2O.C2H6O4S/c1-3-5-6-7-8-9-10-11-12-13-14-15-16-17-18-19-20-25(4-2)26-21-23-27-24-22-26;1-2-6-7(3,4)5/h11-12H,3-10,13-24H2,1-2H3;2H2,1H3,(H,3,4,5)/b12-11-;. The van der Waals surface area contributed by atoms with Gasteiger partial charge in [0.15, 0.2) is 0 Å². The summed E-state index contributed by atoms with van der Waals surface area (Å²) in [4.78, 5) is 0. The lowest BCUT2D eigenvalue weighted by Crippen LogP contribution is -3.18. The number of allylic oxidation sites excluding steroid dienone is 2. The largest absolute Gasteiger partial charge is 0.726 e. The minimum atomic E-state index is -4.42. The molecular formula is C26H54N2O5S. The number of quaternary nitrogens is 1. The lowest BCUT2D eigenvalue weighted by molar-refractivity contribution is -1.02. The number of nitrogens with one attached hydrogen (secondary N) is 1. The van der Waals surface area contributed by atoms with E-state index in [9.17, 15) is 13.0 Å². The van der Waals surface area contributed by atoms with Gasteiger partial charge < -0.3 is 9.29 Å². The van der Waals surface area contributed by atoms with Gasteiger partial charge in [0, 0.05) is 0 Å². The van der Waals surface area contributed by atoms with Crippen molar-refractivity contribution in [2.24, 2.45) is 0 Å². The van der Waals surface area contributed by atoms with Crippen LogP contribution in [0.5, 0.6) is 0 Å². The van der Waals surface area contributed by atoms with E-state index in [2.05, 4.69) is 35.2 Å². The second-order valence-electron chi connectivity index (χ2n) is 9.02. The minimum absolute atomic E-state index is 0.0914. The van der Waals surface area contributed by atoms with Crippen LogP contribution >= 0.6 is 0 Å². The van der Waals surface area contributed by atoms with E-state index in [4.69, 9.17) is 4.74 Å². The minimum Gasteiger partial charge on any atom is -0.726 e. The van der Waals surface area contributed by atoms with Gasteiger partial charge in [-0.2, -0.15) is 5.01 Å². The molecule has 0 aliphatic carbocycles. The molecule has 1 aliphatic rings. The first-order valence-corrected chi connectivity index (χ1v) is 15.2. The maximum absolute atomic E-state index is 9.45. The number of unbranched alkanes of at least 4 members (excludes halogenated alkanes) is 12. The lowest BCUT2D eigenvalue weighted by Gasteiger charge is -2.33. The van der Waals surface area contributed by atoms with Crippen molar-refractivity contribution in [3.05, 3.63) is 12.2 Å². The Bertz CT molecular complexity index is 551. The van der Waals surface area contributed by atoms with Crippen LogP contribution in [0.15, 0.2) is 12.2 Å².